The minimum Gasteiger partial charge on any atom is -0.497 e. The van der Waals surface area contributed by atoms with Crippen molar-refractivity contribution in [3.8, 4) is 22.7 Å². The molecule has 0 radical (unpaired) electrons. The molecule has 0 saturated carbocycles. The lowest BCUT2D eigenvalue weighted by molar-refractivity contribution is 0.414. The van der Waals surface area contributed by atoms with E-state index in [0.717, 1.165) is 40.4 Å². The quantitative estimate of drug-likeness (QED) is 0.621. The van der Waals surface area contributed by atoms with Crippen LogP contribution < -0.4 is 4.74 Å². The van der Waals surface area contributed by atoms with Crippen molar-refractivity contribution in [2.24, 2.45) is 0 Å². The molecule has 0 aliphatic rings. The summed E-state index contributed by atoms with van der Waals surface area (Å²) in [4.78, 5) is 0. The molecule has 1 aromatic heterocycles. The molecule has 2 aromatic carbocycles. The SMILES string of the molecule is C=C(C)Cc1c(-c2ccccc2)nn(-c2ccc(OC)cc2)c1C. The number of methoxy groups -OCH3 is 1. The zero-order chi connectivity index (χ0) is 17.1. The maximum Gasteiger partial charge on any atom is 0.119 e. The van der Waals surface area contributed by atoms with E-state index in [2.05, 4.69) is 32.6 Å². The summed E-state index contributed by atoms with van der Waals surface area (Å²) in [5.74, 6) is 0.842. The molecule has 0 saturated heterocycles. The first-order valence-electron chi connectivity index (χ1n) is 8.03. The van der Waals surface area contributed by atoms with Crippen LogP contribution in [0.4, 0.5) is 0 Å². The maximum atomic E-state index is 5.24. The van der Waals surface area contributed by atoms with Gasteiger partial charge in [-0.1, -0.05) is 42.5 Å². The van der Waals surface area contributed by atoms with Crippen LogP contribution in [0.3, 0.4) is 0 Å². The molecule has 0 atom stereocenters. The predicted octanol–water partition coefficient (Wildman–Crippen LogP) is 4.97. The summed E-state index contributed by atoms with van der Waals surface area (Å²) in [5, 5.41) is 4.89. The molecule has 0 bridgehead atoms. The lowest BCUT2D eigenvalue weighted by Gasteiger charge is -2.06. The maximum absolute atomic E-state index is 5.24. The third-order valence-electron chi connectivity index (χ3n) is 4.08. The summed E-state index contributed by atoms with van der Waals surface area (Å²) >= 11 is 0. The van der Waals surface area contributed by atoms with Gasteiger partial charge in [-0.15, -0.1) is 0 Å². The Morgan fingerprint density at radius 3 is 2.33 bits per heavy atom. The van der Waals surface area contributed by atoms with Crippen molar-refractivity contribution in [3.05, 3.63) is 78.0 Å². The number of aromatic nitrogens is 2. The van der Waals surface area contributed by atoms with Crippen LogP contribution in [0.5, 0.6) is 5.75 Å². The molecule has 24 heavy (non-hydrogen) atoms. The third-order valence-corrected chi connectivity index (χ3v) is 4.08. The highest BCUT2D eigenvalue weighted by Crippen LogP contribution is 2.29. The van der Waals surface area contributed by atoms with Gasteiger partial charge in [-0.25, -0.2) is 4.68 Å². The van der Waals surface area contributed by atoms with Gasteiger partial charge in [-0.3, -0.25) is 0 Å². The summed E-state index contributed by atoms with van der Waals surface area (Å²) in [7, 11) is 1.67. The fraction of sp³-hybridized carbons (Fsp3) is 0.190. The number of hydrogen-bond donors (Lipinski definition) is 0. The van der Waals surface area contributed by atoms with Gasteiger partial charge in [0.15, 0.2) is 0 Å². The molecule has 0 amide bonds. The van der Waals surface area contributed by atoms with Crippen molar-refractivity contribution >= 4 is 0 Å². The second-order valence-corrected chi connectivity index (χ2v) is 6.02. The van der Waals surface area contributed by atoms with Gasteiger partial charge in [-0.2, -0.15) is 5.10 Å². The van der Waals surface area contributed by atoms with Crippen molar-refractivity contribution in [2.75, 3.05) is 7.11 Å². The fourth-order valence-corrected chi connectivity index (χ4v) is 2.85. The molecule has 0 spiro atoms. The Hall–Kier alpha value is -2.81. The molecular weight excluding hydrogens is 296 g/mol. The first-order valence-corrected chi connectivity index (χ1v) is 8.03. The Balaban J connectivity index is 2.13. The minimum atomic E-state index is 0.826. The third kappa shape index (κ3) is 3.11. The molecule has 0 fully saturated rings. The van der Waals surface area contributed by atoms with Crippen LogP contribution in [0.15, 0.2) is 66.7 Å². The van der Waals surface area contributed by atoms with E-state index in [1.54, 1.807) is 7.11 Å². The van der Waals surface area contributed by atoms with Crippen molar-refractivity contribution in [3.63, 3.8) is 0 Å². The van der Waals surface area contributed by atoms with Gasteiger partial charge >= 0.3 is 0 Å². The lowest BCUT2D eigenvalue weighted by Crippen LogP contribution is -1.99. The van der Waals surface area contributed by atoms with Crippen molar-refractivity contribution in [1.29, 1.82) is 0 Å². The highest BCUT2D eigenvalue weighted by molar-refractivity contribution is 5.65. The molecule has 0 unspecified atom stereocenters. The molecule has 0 aliphatic heterocycles. The second-order valence-electron chi connectivity index (χ2n) is 6.02. The van der Waals surface area contributed by atoms with Crippen LogP contribution >= 0.6 is 0 Å². The Labute approximate surface area is 143 Å². The van der Waals surface area contributed by atoms with Crippen LogP contribution in [-0.2, 0) is 6.42 Å². The van der Waals surface area contributed by atoms with Gasteiger partial charge in [0.05, 0.1) is 18.5 Å². The van der Waals surface area contributed by atoms with E-state index >= 15 is 0 Å². The van der Waals surface area contributed by atoms with Crippen LogP contribution in [0.2, 0.25) is 0 Å². The topological polar surface area (TPSA) is 27.1 Å². The second kappa shape index (κ2) is 6.75. The van der Waals surface area contributed by atoms with Gasteiger partial charge in [0.25, 0.3) is 0 Å². The molecule has 1 heterocycles. The first kappa shape index (κ1) is 16.1. The average Bonchev–Trinajstić information content (AvgIpc) is 2.92. The van der Waals surface area contributed by atoms with Crippen molar-refractivity contribution < 1.29 is 4.74 Å². The number of allylic oxidation sites excluding steroid dienone is 1. The fourth-order valence-electron chi connectivity index (χ4n) is 2.85. The van der Waals surface area contributed by atoms with Crippen LogP contribution in [0, 0.1) is 6.92 Å². The van der Waals surface area contributed by atoms with Crippen molar-refractivity contribution in [2.45, 2.75) is 20.3 Å². The summed E-state index contributed by atoms with van der Waals surface area (Å²) in [6, 6.07) is 18.3. The van der Waals surface area contributed by atoms with Crippen LogP contribution in [0.25, 0.3) is 16.9 Å². The lowest BCUT2D eigenvalue weighted by atomic mass is 10.0. The Morgan fingerprint density at radius 2 is 1.75 bits per heavy atom. The van der Waals surface area contributed by atoms with Crippen LogP contribution in [0.1, 0.15) is 18.2 Å². The highest BCUT2D eigenvalue weighted by atomic mass is 16.5. The number of nitrogens with zero attached hydrogens (tertiary/aromatic N) is 2. The number of rotatable bonds is 5. The zero-order valence-electron chi connectivity index (χ0n) is 14.4. The van der Waals surface area contributed by atoms with Gasteiger partial charge < -0.3 is 4.74 Å². The highest BCUT2D eigenvalue weighted by Gasteiger charge is 2.17. The standard InChI is InChI=1S/C21H22N2O/c1-15(2)14-20-16(3)23(18-10-12-19(24-4)13-11-18)22-21(20)17-8-6-5-7-9-17/h5-13H,1,14H2,2-4H3. The van der Waals surface area contributed by atoms with Gasteiger partial charge in [0, 0.05) is 16.8 Å². The van der Waals surface area contributed by atoms with Crippen molar-refractivity contribution in [1.82, 2.24) is 9.78 Å². The zero-order valence-corrected chi connectivity index (χ0v) is 14.4. The number of ether oxygens (including phenoxy) is 1. The molecule has 0 aliphatic carbocycles. The molecule has 3 rings (SSSR count). The molecule has 0 N–H and O–H groups in total. The van der Waals surface area contributed by atoms with E-state index in [-0.39, 0.29) is 0 Å². The first-order chi connectivity index (χ1) is 11.6. The summed E-state index contributed by atoms with van der Waals surface area (Å²) < 4.78 is 7.24. The smallest absolute Gasteiger partial charge is 0.119 e. The Morgan fingerprint density at radius 1 is 1.08 bits per heavy atom. The number of benzene rings is 2. The summed E-state index contributed by atoms with van der Waals surface area (Å²) in [5.41, 5.74) is 6.67. The summed E-state index contributed by atoms with van der Waals surface area (Å²) in [6.45, 7) is 8.24. The van der Waals surface area contributed by atoms with Gasteiger partial charge in [0.1, 0.15) is 5.75 Å². The van der Waals surface area contributed by atoms with Gasteiger partial charge in [0.2, 0.25) is 0 Å². The summed E-state index contributed by atoms with van der Waals surface area (Å²) in [6.07, 6.45) is 0.826. The Bertz CT molecular complexity index is 846. The average molecular weight is 318 g/mol. The Kier molecular flexibility index (Phi) is 4.52. The molecule has 3 heteroatoms. The van der Waals surface area contributed by atoms with Gasteiger partial charge in [-0.05, 0) is 44.5 Å². The molecule has 122 valence electrons. The molecule has 3 aromatic rings. The molecule has 3 nitrogen and oxygen atoms in total. The normalized spacial score (nSPS) is 10.6. The number of hydrogen-bond acceptors (Lipinski definition) is 2. The van der Waals surface area contributed by atoms with E-state index < -0.39 is 0 Å². The minimum absolute atomic E-state index is 0.826. The van der Waals surface area contributed by atoms with E-state index in [1.165, 1.54) is 5.56 Å². The van der Waals surface area contributed by atoms with Crippen LogP contribution in [-0.4, -0.2) is 16.9 Å². The van der Waals surface area contributed by atoms with E-state index in [0.29, 0.717) is 0 Å². The van der Waals surface area contributed by atoms with E-state index in [1.807, 2.05) is 47.1 Å². The predicted molar refractivity (Wildman–Crippen MR) is 98.8 cm³/mol. The van der Waals surface area contributed by atoms with E-state index in [9.17, 15) is 0 Å². The molecular formula is C21H22N2O. The van der Waals surface area contributed by atoms with E-state index in [4.69, 9.17) is 9.84 Å². The largest absolute Gasteiger partial charge is 0.497 e. The monoisotopic (exact) mass is 318 g/mol.